The third-order valence-electron chi connectivity index (χ3n) is 3.32. The van der Waals surface area contributed by atoms with E-state index in [1.807, 2.05) is 25.1 Å². The smallest absolute Gasteiger partial charge is 0.275 e. The van der Waals surface area contributed by atoms with Crippen molar-refractivity contribution in [1.82, 2.24) is 4.98 Å². The van der Waals surface area contributed by atoms with Gasteiger partial charge in [0, 0.05) is 28.9 Å². The van der Waals surface area contributed by atoms with Gasteiger partial charge in [0.2, 0.25) is 0 Å². The Morgan fingerprint density at radius 1 is 1.28 bits per heavy atom. The number of nitrogens with zero attached hydrogens (tertiary/aromatic N) is 2. The zero-order chi connectivity index (χ0) is 17.8. The summed E-state index contributed by atoms with van der Waals surface area (Å²) in [5.74, 6) is 1.02. The molecule has 0 fully saturated rings. The van der Waals surface area contributed by atoms with Gasteiger partial charge in [-0.15, -0.1) is 11.3 Å². The molecule has 3 aromatic rings. The summed E-state index contributed by atoms with van der Waals surface area (Å²) in [4.78, 5) is 15.6. The lowest BCUT2D eigenvalue weighted by Crippen LogP contribution is -1.99. The maximum absolute atomic E-state index is 11.2. The highest BCUT2D eigenvalue weighted by Crippen LogP contribution is 2.30. The van der Waals surface area contributed by atoms with Crippen LogP contribution in [0.3, 0.4) is 0 Å². The monoisotopic (exact) mass is 375 g/mol. The van der Waals surface area contributed by atoms with Crippen LogP contribution in [0, 0.1) is 17.0 Å². The molecule has 25 heavy (non-hydrogen) atoms. The van der Waals surface area contributed by atoms with Crippen molar-refractivity contribution >= 4 is 34.3 Å². The fourth-order valence-electron chi connectivity index (χ4n) is 2.22. The molecular formula is C17H14ClN3O3S. The molecular weight excluding hydrogens is 362 g/mol. The molecule has 0 unspecified atom stereocenters. The van der Waals surface area contributed by atoms with Crippen LogP contribution in [-0.4, -0.2) is 9.91 Å². The molecule has 2 aromatic carbocycles. The highest BCUT2D eigenvalue weighted by molar-refractivity contribution is 7.15. The lowest BCUT2D eigenvalue weighted by atomic mass is 10.2. The summed E-state index contributed by atoms with van der Waals surface area (Å²) in [5, 5.41) is 14.3. The lowest BCUT2D eigenvalue weighted by molar-refractivity contribution is -0.384. The van der Waals surface area contributed by atoms with Crippen LogP contribution in [0.1, 0.15) is 10.4 Å². The Kier molecular flexibility index (Phi) is 5.16. The van der Waals surface area contributed by atoms with Crippen LogP contribution < -0.4 is 10.1 Å². The average molecular weight is 376 g/mol. The first-order chi connectivity index (χ1) is 12.0. The van der Waals surface area contributed by atoms with Gasteiger partial charge in [-0.25, -0.2) is 4.98 Å². The quantitative estimate of drug-likeness (QED) is 0.460. The van der Waals surface area contributed by atoms with Gasteiger partial charge < -0.3 is 10.1 Å². The first-order valence-electron chi connectivity index (χ1n) is 7.38. The molecule has 1 N–H and O–H groups in total. The maximum Gasteiger partial charge on any atom is 0.275 e. The number of anilines is 1. The average Bonchev–Trinajstić information content (AvgIpc) is 2.98. The highest BCUT2D eigenvalue weighted by Gasteiger charge is 2.12. The second-order valence-corrected chi connectivity index (χ2v) is 7.02. The number of hydrogen-bond acceptors (Lipinski definition) is 6. The van der Waals surface area contributed by atoms with E-state index in [0.717, 1.165) is 10.4 Å². The van der Waals surface area contributed by atoms with Gasteiger partial charge in [0.25, 0.3) is 5.69 Å². The molecule has 0 aliphatic heterocycles. The predicted octanol–water partition coefficient (Wildman–Crippen LogP) is 5.42. The molecule has 3 rings (SSSR count). The first-order valence-corrected chi connectivity index (χ1v) is 8.57. The van der Waals surface area contributed by atoms with E-state index in [9.17, 15) is 10.1 Å². The summed E-state index contributed by atoms with van der Waals surface area (Å²) in [6, 6.07) is 12.1. The van der Waals surface area contributed by atoms with Gasteiger partial charge >= 0.3 is 0 Å². The largest absolute Gasteiger partial charge is 0.457 e. The number of aromatic nitrogens is 1. The number of non-ortho nitro benzene ring substituents is 1. The Hall–Kier alpha value is -2.64. The molecule has 0 amide bonds. The number of benzene rings is 2. The normalized spacial score (nSPS) is 10.5. The predicted molar refractivity (Wildman–Crippen MR) is 98.8 cm³/mol. The fourth-order valence-corrected chi connectivity index (χ4v) is 3.14. The molecule has 0 atom stereocenters. The van der Waals surface area contributed by atoms with Crippen molar-refractivity contribution in [2.75, 3.05) is 5.32 Å². The van der Waals surface area contributed by atoms with Crippen LogP contribution in [0.25, 0.3) is 0 Å². The van der Waals surface area contributed by atoms with Crippen LogP contribution in [0.5, 0.6) is 11.5 Å². The minimum Gasteiger partial charge on any atom is -0.457 e. The van der Waals surface area contributed by atoms with E-state index < -0.39 is 4.92 Å². The Labute approximate surface area is 153 Å². The molecule has 0 bridgehead atoms. The van der Waals surface area contributed by atoms with Gasteiger partial charge in [0.15, 0.2) is 4.47 Å². The zero-order valence-electron chi connectivity index (χ0n) is 13.2. The van der Waals surface area contributed by atoms with Crippen molar-refractivity contribution in [2.45, 2.75) is 13.5 Å². The molecule has 0 saturated heterocycles. The number of nitro benzene ring substituents is 1. The first kappa shape index (κ1) is 17.2. The molecule has 0 radical (unpaired) electrons. The van der Waals surface area contributed by atoms with Crippen LogP contribution in [0.2, 0.25) is 4.47 Å². The van der Waals surface area contributed by atoms with E-state index in [-0.39, 0.29) is 5.69 Å². The molecule has 8 heteroatoms. The Morgan fingerprint density at radius 2 is 2.12 bits per heavy atom. The number of halogens is 1. The van der Waals surface area contributed by atoms with Crippen molar-refractivity contribution in [3.8, 4) is 11.5 Å². The van der Waals surface area contributed by atoms with E-state index in [1.54, 1.807) is 18.3 Å². The van der Waals surface area contributed by atoms with E-state index in [1.165, 1.54) is 23.5 Å². The number of hydrogen-bond donors (Lipinski definition) is 1. The number of ether oxygens (including phenoxy) is 1. The lowest BCUT2D eigenvalue weighted by Gasteiger charge is -2.10. The van der Waals surface area contributed by atoms with Crippen molar-refractivity contribution < 1.29 is 9.66 Å². The Balaban J connectivity index is 1.82. The fraction of sp³-hybridized carbons (Fsp3) is 0.118. The van der Waals surface area contributed by atoms with E-state index in [0.29, 0.717) is 28.2 Å². The molecule has 1 heterocycles. The van der Waals surface area contributed by atoms with Crippen molar-refractivity contribution in [3.05, 3.63) is 73.7 Å². The minimum absolute atomic E-state index is 0.0463. The number of nitrogens with one attached hydrogen (secondary N) is 1. The van der Waals surface area contributed by atoms with Crippen molar-refractivity contribution in [3.63, 3.8) is 0 Å². The maximum atomic E-state index is 11.2. The van der Waals surface area contributed by atoms with Gasteiger partial charge in [-0.3, -0.25) is 10.1 Å². The van der Waals surface area contributed by atoms with Crippen molar-refractivity contribution in [1.29, 1.82) is 0 Å². The molecule has 1 aromatic heterocycles. The van der Waals surface area contributed by atoms with Gasteiger partial charge in [0.05, 0.1) is 17.5 Å². The van der Waals surface area contributed by atoms with E-state index in [2.05, 4.69) is 10.3 Å². The van der Waals surface area contributed by atoms with E-state index >= 15 is 0 Å². The molecule has 0 spiro atoms. The van der Waals surface area contributed by atoms with Gasteiger partial charge in [-0.2, -0.15) is 0 Å². The zero-order valence-corrected chi connectivity index (χ0v) is 14.8. The standard InChI is InChI=1S/C17H14ClN3O3S/c1-11-3-2-4-14(5-11)24-15-7-12(6-13(8-15)21(22)23)19-9-16-10-20-17(18)25-16/h2-8,10,19H,9H2,1H3. The van der Waals surface area contributed by atoms with Crippen molar-refractivity contribution in [2.24, 2.45) is 0 Å². The van der Waals surface area contributed by atoms with Gasteiger partial charge in [-0.1, -0.05) is 23.7 Å². The third kappa shape index (κ3) is 4.68. The third-order valence-corrected chi connectivity index (χ3v) is 4.43. The van der Waals surface area contributed by atoms with Gasteiger partial charge in [-0.05, 0) is 24.6 Å². The number of aryl methyl sites for hydroxylation is 1. The second-order valence-electron chi connectivity index (χ2n) is 5.32. The van der Waals surface area contributed by atoms with Crippen LogP contribution in [-0.2, 0) is 6.54 Å². The van der Waals surface area contributed by atoms with Gasteiger partial charge in [0.1, 0.15) is 11.5 Å². The number of rotatable bonds is 6. The summed E-state index contributed by atoms with van der Waals surface area (Å²) >= 11 is 7.16. The highest BCUT2D eigenvalue weighted by atomic mass is 35.5. The summed E-state index contributed by atoms with van der Waals surface area (Å²) in [5.41, 5.74) is 1.58. The Bertz CT molecular complexity index is 914. The summed E-state index contributed by atoms with van der Waals surface area (Å²) in [7, 11) is 0. The van der Waals surface area contributed by atoms with E-state index in [4.69, 9.17) is 16.3 Å². The molecule has 0 aliphatic rings. The topological polar surface area (TPSA) is 77.3 Å². The molecule has 6 nitrogen and oxygen atoms in total. The minimum atomic E-state index is -0.447. The number of thiazole rings is 1. The summed E-state index contributed by atoms with van der Waals surface area (Å²) in [6.07, 6.45) is 1.67. The van der Waals surface area contributed by atoms with Crippen LogP contribution in [0.4, 0.5) is 11.4 Å². The molecule has 0 aliphatic carbocycles. The molecule has 128 valence electrons. The summed E-state index contributed by atoms with van der Waals surface area (Å²) in [6.45, 7) is 2.42. The summed E-state index contributed by atoms with van der Waals surface area (Å²) < 4.78 is 6.23. The second kappa shape index (κ2) is 7.50. The number of nitro groups is 1. The SMILES string of the molecule is Cc1cccc(Oc2cc(NCc3cnc(Cl)s3)cc([N+](=O)[O-])c2)c1. The van der Waals surface area contributed by atoms with Crippen LogP contribution in [0.15, 0.2) is 48.7 Å². The van der Waals surface area contributed by atoms with Crippen LogP contribution >= 0.6 is 22.9 Å². The molecule has 0 saturated carbocycles. The Morgan fingerprint density at radius 3 is 2.80 bits per heavy atom.